The van der Waals surface area contributed by atoms with Crippen molar-refractivity contribution in [3.05, 3.63) is 89.2 Å². The molecule has 132 valence electrons. The number of aromatic nitrogens is 2. The molecule has 2 amide bonds. The third kappa shape index (κ3) is 4.36. The Hall–Kier alpha value is -3.41. The summed E-state index contributed by atoms with van der Waals surface area (Å²) in [6.07, 6.45) is 4.02. The predicted molar refractivity (Wildman–Crippen MR) is 98.5 cm³/mol. The first-order valence-corrected chi connectivity index (χ1v) is 8.41. The standard InChI is InChI=1S/C20H20N4O2/c1-2-15-8-10-17(11-9-15)19(25)22-23-20(26)18-12-21-24(14-18)13-16-6-4-3-5-7-16/h3-12,14H,2,13H2,1H3,(H,22,25)(H,23,26). The highest BCUT2D eigenvalue weighted by molar-refractivity contribution is 5.98. The van der Waals surface area contributed by atoms with E-state index in [1.165, 1.54) is 6.20 Å². The molecular formula is C20H20N4O2. The highest BCUT2D eigenvalue weighted by atomic mass is 16.2. The summed E-state index contributed by atoms with van der Waals surface area (Å²) >= 11 is 0. The van der Waals surface area contributed by atoms with Gasteiger partial charge in [0.15, 0.2) is 0 Å². The first-order valence-electron chi connectivity index (χ1n) is 8.41. The van der Waals surface area contributed by atoms with Crippen LogP contribution >= 0.6 is 0 Å². The molecule has 0 atom stereocenters. The molecule has 26 heavy (non-hydrogen) atoms. The van der Waals surface area contributed by atoms with E-state index in [4.69, 9.17) is 0 Å². The van der Waals surface area contributed by atoms with Crippen LogP contribution in [0.2, 0.25) is 0 Å². The topological polar surface area (TPSA) is 76.0 Å². The van der Waals surface area contributed by atoms with Crippen molar-refractivity contribution in [1.82, 2.24) is 20.6 Å². The van der Waals surface area contributed by atoms with Crippen LogP contribution in [0.1, 0.15) is 38.8 Å². The van der Waals surface area contributed by atoms with E-state index < -0.39 is 5.91 Å². The van der Waals surface area contributed by atoms with Gasteiger partial charge in [-0.15, -0.1) is 0 Å². The lowest BCUT2D eigenvalue weighted by Crippen LogP contribution is -2.41. The number of carbonyl (C=O) groups is 2. The Morgan fingerprint density at radius 3 is 2.19 bits per heavy atom. The largest absolute Gasteiger partial charge is 0.272 e. The fraction of sp³-hybridized carbons (Fsp3) is 0.150. The van der Waals surface area contributed by atoms with Gasteiger partial charge in [0.1, 0.15) is 0 Å². The number of nitrogens with zero attached hydrogens (tertiary/aromatic N) is 2. The lowest BCUT2D eigenvalue weighted by molar-refractivity contribution is 0.0846. The summed E-state index contributed by atoms with van der Waals surface area (Å²) in [7, 11) is 0. The van der Waals surface area contributed by atoms with Gasteiger partial charge in [0, 0.05) is 11.8 Å². The van der Waals surface area contributed by atoms with Crippen molar-refractivity contribution in [2.75, 3.05) is 0 Å². The maximum atomic E-state index is 12.2. The molecule has 0 radical (unpaired) electrons. The van der Waals surface area contributed by atoms with E-state index in [-0.39, 0.29) is 5.91 Å². The summed E-state index contributed by atoms with van der Waals surface area (Å²) < 4.78 is 1.68. The first kappa shape index (κ1) is 17.4. The third-order valence-corrected chi connectivity index (χ3v) is 4.00. The molecule has 0 bridgehead atoms. The molecule has 0 aliphatic heterocycles. The number of rotatable bonds is 5. The Kier molecular flexibility index (Phi) is 5.43. The summed E-state index contributed by atoms with van der Waals surface area (Å²) in [5, 5.41) is 4.18. The highest BCUT2D eigenvalue weighted by Crippen LogP contribution is 2.05. The van der Waals surface area contributed by atoms with Gasteiger partial charge in [0.2, 0.25) is 0 Å². The van der Waals surface area contributed by atoms with Crippen LogP contribution in [-0.4, -0.2) is 21.6 Å². The van der Waals surface area contributed by atoms with Crippen LogP contribution in [0.15, 0.2) is 67.0 Å². The van der Waals surface area contributed by atoms with Crippen molar-refractivity contribution >= 4 is 11.8 Å². The van der Waals surface area contributed by atoms with Crippen molar-refractivity contribution in [2.24, 2.45) is 0 Å². The molecule has 0 saturated heterocycles. The number of amides is 2. The minimum atomic E-state index is -0.414. The zero-order valence-electron chi connectivity index (χ0n) is 14.5. The number of hydrazine groups is 1. The van der Waals surface area contributed by atoms with Gasteiger partial charge in [-0.25, -0.2) is 0 Å². The fourth-order valence-corrected chi connectivity index (χ4v) is 2.49. The van der Waals surface area contributed by atoms with E-state index in [0.717, 1.165) is 17.5 Å². The number of aryl methyl sites for hydroxylation is 1. The molecule has 0 aliphatic rings. The summed E-state index contributed by atoms with van der Waals surface area (Å²) in [6.45, 7) is 2.62. The zero-order chi connectivity index (χ0) is 18.4. The summed E-state index contributed by atoms with van der Waals surface area (Å²) in [5.74, 6) is -0.777. The second-order valence-corrected chi connectivity index (χ2v) is 5.87. The minimum Gasteiger partial charge on any atom is -0.268 e. The zero-order valence-corrected chi connectivity index (χ0v) is 14.5. The Morgan fingerprint density at radius 2 is 1.54 bits per heavy atom. The number of benzene rings is 2. The Bertz CT molecular complexity index is 886. The second kappa shape index (κ2) is 8.11. The summed E-state index contributed by atoms with van der Waals surface area (Å²) in [6, 6.07) is 17.1. The van der Waals surface area contributed by atoms with E-state index in [9.17, 15) is 9.59 Å². The smallest absolute Gasteiger partial charge is 0.268 e. The van der Waals surface area contributed by atoms with Crippen LogP contribution < -0.4 is 10.9 Å². The van der Waals surface area contributed by atoms with Crippen LogP contribution in [-0.2, 0) is 13.0 Å². The van der Waals surface area contributed by atoms with Crippen molar-refractivity contribution in [1.29, 1.82) is 0 Å². The van der Waals surface area contributed by atoms with Crippen molar-refractivity contribution in [3.8, 4) is 0 Å². The quantitative estimate of drug-likeness (QED) is 0.696. The second-order valence-electron chi connectivity index (χ2n) is 5.87. The van der Waals surface area contributed by atoms with Gasteiger partial charge in [0.05, 0.1) is 18.3 Å². The Morgan fingerprint density at radius 1 is 0.885 bits per heavy atom. The predicted octanol–water partition coefficient (Wildman–Crippen LogP) is 2.57. The number of hydrogen-bond acceptors (Lipinski definition) is 3. The van der Waals surface area contributed by atoms with Gasteiger partial charge in [0.25, 0.3) is 11.8 Å². The summed E-state index contributed by atoms with van der Waals surface area (Å²) in [4.78, 5) is 24.2. The molecule has 6 heteroatoms. The summed E-state index contributed by atoms with van der Waals surface area (Å²) in [5.41, 5.74) is 7.93. The van der Waals surface area contributed by atoms with Gasteiger partial charge in [-0.3, -0.25) is 25.1 Å². The van der Waals surface area contributed by atoms with Crippen LogP contribution in [0, 0.1) is 0 Å². The van der Waals surface area contributed by atoms with E-state index in [1.807, 2.05) is 49.4 Å². The normalized spacial score (nSPS) is 10.3. The van der Waals surface area contributed by atoms with Crippen molar-refractivity contribution < 1.29 is 9.59 Å². The van der Waals surface area contributed by atoms with E-state index >= 15 is 0 Å². The maximum Gasteiger partial charge on any atom is 0.272 e. The molecule has 1 heterocycles. The van der Waals surface area contributed by atoms with Gasteiger partial charge >= 0.3 is 0 Å². The van der Waals surface area contributed by atoms with Crippen molar-refractivity contribution in [3.63, 3.8) is 0 Å². The lowest BCUT2D eigenvalue weighted by Gasteiger charge is -2.06. The van der Waals surface area contributed by atoms with Gasteiger partial charge in [-0.1, -0.05) is 49.4 Å². The van der Waals surface area contributed by atoms with Gasteiger partial charge < -0.3 is 0 Å². The fourth-order valence-electron chi connectivity index (χ4n) is 2.49. The lowest BCUT2D eigenvalue weighted by atomic mass is 10.1. The van der Waals surface area contributed by atoms with Crippen LogP contribution in [0.3, 0.4) is 0 Å². The number of nitrogens with one attached hydrogen (secondary N) is 2. The SMILES string of the molecule is CCc1ccc(C(=O)NNC(=O)c2cnn(Cc3ccccc3)c2)cc1. The van der Waals surface area contributed by atoms with E-state index in [0.29, 0.717) is 17.7 Å². The van der Waals surface area contributed by atoms with Gasteiger partial charge in [-0.2, -0.15) is 5.10 Å². The molecule has 0 spiro atoms. The Balaban J connectivity index is 1.55. The van der Waals surface area contributed by atoms with Crippen LogP contribution in [0.25, 0.3) is 0 Å². The third-order valence-electron chi connectivity index (χ3n) is 4.00. The van der Waals surface area contributed by atoms with E-state index in [1.54, 1.807) is 23.0 Å². The molecule has 1 aromatic heterocycles. The molecule has 3 aromatic rings. The molecule has 0 unspecified atom stereocenters. The average molecular weight is 348 g/mol. The number of hydrogen-bond donors (Lipinski definition) is 2. The minimum absolute atomic E-state index is 0.363. The first-order chi connectivity index (χ1) is 12.7. The van der Waals surface area contributed by atoms with E-state index in [2.05, 4.69) is 16.0 Å². The van der Waals surface area contributed by atoms with Crippen molar-refractivity contribution in [2.45, 2.75) is 19.9 Å². The average Bonchev–Trinajstić information content (AvgIpc) is 3.15. The molecule has 3 rings (SSSR count). The molecule has 0 fully saturated rings. The highest BCUT2D eigenvalue weighted by Gasteiger charge is 2.11. The molecule has 6 nitrogen and oxygen atoms in total. The molecule has 0 aliphatic carbocycles. The Labute approximate surface area is 151 Å². The molecule has 0 saturated carbocycles. The number of carbonyl (C=O) groups excluding carboxylic acids is 2. The molecule has 2 N–H and O–H groups in total. The maximum absolute atomic E-state index is 12.2. The molecule has 2 aromatic carbocycles. The molecular weight excluding hydrogens is 328 g/mol. The van der Waals surface area contributed by atoms with Crippen LogP contribution in [0.4, 0.5) is 0 Å². The van der Waals surface area contributed by atoms with Crippen LogP contribution in [0.5, 0.6) is 0 Å². The van der Waals surface area contributed by atoms with Gasteiger partial charge in [-0.05, 0) is 29.7 Å². The monoisotopic (exact) mass is 348 g/mol.